The average Bonchev–Trinajstić information content (AvgIpc) is 2.66. The van der Waals surface area contributed by atoms with Gasteiger partial charge in [-0.15, -0.1) is 0 Å². The van der Waals surface area contributed by atoms with E-state index >= 15 is 0 Å². The summed E-state index contributed by atoms with van der Waals surface area (Å²) in [5, 5.41) is 4.81. The average molecular weight is 408 g/mol. The van der Waals surface area contributed by atoms with E-state index in [0.717, 1.165) is 33.0 Å². The maximum Gasteiger partial charge on any atom is 0.408 e. The monoisotopic (exact) mass is 407 g/mol. The number of fused-ring (bicyclic) bond motifs is 1. The summed E-state index contributed by atoms with van der Waals surface area (Å²) in [7, 11) is 0. The first-order valence-corrected chi connectivity index (χ1v) is 10.4. The summed E-state index contributed by atoms with van der Waals surface area (Å²) < 4.78 is 5.35. The quantitative estimate of drug-likeness (QED) is 0.560. The Morgan fingerprint density at radius 1 is 0.931 bits per heavy atom. The number of hydrogen-bond acceptors (Lipinski definition) is 4. The van der Waals surface area contributed by atoms with Gasteiger partial charge in [0.05, 0.1) is 0 Å². The molecule has 0 radical (unpaired) electrons. The van der Waals surface area contributed by atoms with E-state index in [9.17, 15) is 9.59 Å². The molecule has 0 aromatic heterocycles. The van der Waals surface area contributed by atoms with Crippen molar-refractivity contribution in [3.63, 3.8) is 0 Å². The molecular weight excluding hydrogens is 382 g/mol. The van der Waals surface area contributed by atoms with Crippen molar-refractivity contribution in [1.29, 1.82) is 0 Å². The standard InChI is InChI=1S/C24H25NO3S/c1-24(2,3)28-23(27)25-21(15-17-9-5-4-6-10-17)22(26)29-20-14-13-18-11-7-8-12-19(18)16-20/h4-14,16,21H,15H2,1-3H3,(H,25,27)/t21-/m1/s1. The Bertz CT molecular complexity index is 996. The van der Waals surface area contributed by atoms with Gasteiger partial charge in [0.15, 0.2) is 0 Å². The zero-order valence-electron chi connectivity index (χ0n) is 16.8. The van der Waals surface area contributed by atoms with Gasteiger partial charge in [0.2, 0.25) is 5.12 Å². The van der Waals surface area contributed by atoms with E-state index in [0.29, 0.717) is 6.42 Å². The van der Waals surface area contributed by atoms with Crippen molar-refractivity contribution >= 4 is 33.7 Å². The predicted octanol–water partition coefficient (Wildman–Crippen LogP) is 5.59. The molecule has 0 heterocycles. The van der Waals surface area contributed by atoms with Crippen molar-refractivity contribution in [3.05, 3.63) is 78.4 Å². The van der Waals surface area contributed by atoms with Crippen LogP contribution in [0.5, 0.6) is 0 Å². The number of benzene rings is 3. The Labute approximate surface area is 175 Å². The van der Waals surface area contributed by atoms with Crippen LogP contribution in [0, 0.1) is 0 Å². The van der Waals surface area contributed by atoms with E-state index in [1.54, 1.807) is 20.8 Å². The Hall–Kier alpha value is -2.79. The zero-order valence-corrected chi connectivity index (χ0v) is 17.7. The summed E-state index contributed by atoms with van der Waals surface area (Å²) in [5.74, 6) is 0. The van der Waals surface area contributed by atoms with Crippen LogP contribution < -0.4 is 5.32 Å². The van der Waals surface area contributed by atoms with Gasteiger partial charge in [0.1, 0.15) is 11.6 Å². The van der Waals surface area contributed by atoms with E-state index in [-0.39, 0.29) is 5.12 Å². The van der Waals surface area contributed by atoms with Crippen molar-refractivity contribution in [2.24, 2.45) is 0 Å². The summed E-state index contributed by atoms with van der Waals surface area (Å²) in [6.07, 6.45) is -0.189. The molecule has 0 saturated heterocycles. The Kier molecular flexibility index (Phi) is 6.60. The molecule has 3 rings (SSSR count). The molecule has 0 aliphatic rings. The molecule has 3 aromatic carbocycles. The summed E-state index contributed by atoms with van der Waals surface area (Å²) in [6, 6.07) is 22.9. The van der Waals surface area contributed by atoms with Crippen molar-refractivity contribution in [1.82, 2.24) is 5.32 Å². The maximum atomic E-state index is 13.0. The molecule has 5 heteroatoms. The van der Waals surface area contributed by atoms with E-state index in [2.05, 4.69) is 5.32 Å². The minimum absolute atomic E-state index is 0.130. The number of alkyl carbamates (subject to hydrolysis) is 1. The van der Waals surface area contributed by atoms with E-state index in [1.165, 1.54) is 0 Å². The van der Waals surface area contributed by atoms with Gasteiger partial charge >= 0.3 is 6.09 Å². The van der Waals surface area contributed by atoms with Gasteiger partial charge in [-0.25, -0.2) is 4.79 Å². The second-order valence-electron chi connectivity index (χ2n) is 7.82. The zero-order chi connectivity index (χ0) is 20.9. The van der Waals surface area contributed by atoms with Crippen LogP contribution in [-0.2, 0) is 16.0 Å². The molecule has 1 atom stereocenters. The van der Waals surface area contributed by atoms with Crippen LogP contribution in [0.1, 0.15) is 26.3 Å². The second kappa shape index (κ2) is 9.14. The van der Waals surface area contributed by atoms with Crippen LogP contribution in [-0.4, -0.2) is 22.9 Å². The lowest BCUT2D eigenvalue weighted by molar-refractivity contribution is -0.112. The van der Waals surface area contributed by atoms with Gasteiger partial charge in [-0.05, 0) is 61.0 Å². The van der Waals surface area contributed by atoms with Gasteiger partial charge in [0.25, 0.3) is 0 Å². The molecule has 1 amide bonds. The van der Waals surface area contributed by atoms with Crippen LogP contribution in [0.4, 0.5) is 4.79 Å². The molecule has 0 aliphatic heterocycles. The first kappa shape index (κ1) is 20.9. The first-order valence-electron chi connectivity index (χ1n) is 9.54. The minimum atomic E-state index is -0.691. The molecule has 0 saturated carbocycles. The molecule has 0 spiro atoms. The summed E-state index contributed by atoms with van der Waals surface area (Å²) >= 11 is 1.14. The van der Waals surface area contributed by atoms with Gasteiger partial charge < -0.3 is 10.1 Å². The Morgan fingerprint density at radius 2 is 1.59 bits per heavy atom. The van der Waals surface area contributed by atoms with E-state index in [1.807, 2.05) is 72.8 Å². The Morgan fingerprint density at radius 3 is 2.28 bits per heavy atom. The highest BCUT2D eigenvalue weighted by Gasteiger charge is 2.25. The van der Waals surface area contributed by atoms with Gasteiger partial charge in [-0.2, -0.15) is 0 Å². The molecule has 29 heavy (non-hydrogen) atoms. The number of carbonyl (C=O) groups excluding carboxylic acids is 2. The summed E-state index contributed by atoms with van der Waals surface area (Å²) in [4.78, 5) is 26.2. The predicted molar refractivity (Wildman–Crippen MR) is 118 cm³/mol. The SMILES string of the molecule is CC(C)(C)OC(=O)N[C@H](Cc1ccccc1)C(=O)Sc1ccc2ccccc2c1. The van der Waals surface area contributed by atoms with Crippen molar-refractivity contribution < 1.29 is 14.3 Å². The van der Waals surface area contributed by atoms with Crippen LogP contribution in [0.3, 0.4) is 0 Å². The van der Waals surface area contributed by atoms with Crippen LogP contribution >= 0.6 is 11.8 Å². The van der Waals surface area contributed by atoms with Crippen molar-refractivity contribution in [2.45, 2.75) is 43.7 Å². The largest absolute Gasteiger partial charge is 0.444 e. The number of thioether (sulfide) groups is 1. The molecule has 3 aromatic rings. The molecule has 0 aliphatic carbocycles. The number of hydrogen-bond donors (Lipinski definition) is 1. The van der Waals surface area contributed by atoms with Gasteiger partial charge in [-0.1, -0.05) is 60.7 Å². The molecule has 1 N–H and O–H groups in total. The molecule has 150 valence electrons. The normalized spacial score (nSPS) is 12.4. The third-order valence-corrected chi connectivity index (χ3v) is 5.17. The van der Waals surface area contributed by atoms with Crippen molar-refractivity contribution in [3.8, 4) is 0 Å². The number of ether oxygens (including phenoxy) is 1. The maximum absolute atomic E-state index is 13.0. The van der Waals surface area contributed by atoms with Gasteiger partial charge in [-0.3, -0.25) is 4.79 Å². The van der Waals surface area contributed by atoms with E-state index < -0.39 is 17.7 Å². The highest BCUT2D eigenvalue weighted by Crippen LogP contribution is 2.26. The summed E-state index contributed by atoms with van der Waals surface area (Å²) in [5.41, 5.74) is 0.344. The third-order valence-electron chi connectivity index (χ3n) is 4.20. The lowest BCUT2D eigenvalue weighted by Gasteiger charge is -2.23. The Balaban J connectivity index is 1.77. The molecule has 0 unspecified atom stereocenters. The van der Waals surface area contributed by atoms with E-state index in [4.69, 9.17) is 4.74 Å². The number of nitrogens with one attached hydrogen (secondary N) is 1. The van der Waals surface area contributed by atoms with Crippen LogP contribution in [0.15, 0.2) is 77.7 Å². The van der Waals surface area contributed by atoms with Crippen LogP contribution in [0.2, 0.25) is 0 Å². The highest BCUT2D eigenvalue weighted by molar-refractivity contribution is 8.13. The highest BCUT2D eigenvalue weighted by atomic mass is 32.2. The fraction of sp³-hybridized carbons (Fsp3) is 0.250. The van der Waals surface area contributed by atoms with Crippen molar-refractivity contribution in [2.75, 3.05) is 0 Å². The third kappa shape index (κ3) is 6.36. The fourth-order valence-corrected chi connectivity index (χ4v) is 3.75. The number of amides is 1. The molecule has 4 nitrogen and oxygen atoms in total. The number of rotatable bonds is 5. The number of carbonyl (C=O) groups is 2. The van der Waals surface area contributed by atoms with Crippen LogP contribution in [0.25, 0.3) is 10.8 Å². The first-order chi connectivity index (χ1) is 13.8. The smallest absolute Gasteiger partial charge is 0.408 e. The lowest BCUT2D eigenvalue weighted by atomic mass is 10.1. The topological polar surface area (TPSA) is 55.4 Å². The molecular formula is C24H25NO3S. The summed E-state index contributed by atoms with van der Waals surface area (Å²) in [6.45, 7) is 5.39. The molecule has 0 fully saturated rings. The minimum Gasteiger partial charge on any atom is -0.444 e. The molecule has 0 bridgehead atoms. The fourth-order valence-electron chi connectivity index (χ4n) is 2.91. The lowest BCUT2D eigenvalue weighted by Crippen LogP contribution is -2.43. The van der Waals surface area contributed by atoms with Gasteiger partial charge in [0, 0.05) is 11.3 Å². The second-order valence-corrected chi connectivity index (χ2v) is 8.90.